The minimum Gasteiger partial charge on any atom is -0.494 e. The number of ether oxygens (including phenoxy) is 2. The highest BCUT2D eigenvalue weighted by molar-refractivity contribution is 6.12. The second kappa shape index (κ2) is 11.8. The molecular formula is C24H35NO6. The van der Waals surface area contributed by atoms with Gasteiger partial charge in [0, 0.05) is 13.0 Å². The quantitative estimate of drug-likeness (QED) is 0.429. The highest BCUT2D eigenvalue weighted by Gasteiger charge is 2.41. The third kappa shape index (κ3) is 7.98. The Morgan fingerprint density at radius 1 is 1.03 bits per heavy atom. The second-order valence-electron chi connectivity index (χ2n) is 8.90. The van der Waals surface area contributed by atoms with E-state index < -0.39 is 29.4 Å². The Bertz CT molecular complexity index is 737. The first-order chi connectivity index (χ1) is 14.7. The van der Waals surface area contributed by atoms with Gasteiger partial charge in [-0.1, -0.05) is 37.8 Å². The predicted octanol–water partition coefficient (Wildman–Crippen LogP) is 4.57. The molecule has 1 atom stereocenters. The number of nitrogens with zero attached hydrogens (tertiary/aromatic N) is 1. The molecule has 1 aliphatic heterocycles. The summed E-state index contributed by atoms with van der Waals surface area (Å²) in [6.07, 6.45) is 5.84. The molecule has 1 aliphatic rings. The number of aliphatic hydroxyl groups is 1. The minimum atomic E-state index is -0.913. The van der Waals surface area contributed by atoms with Crippen LogP contribution in [0.15, 0.2) is 24.3 Å². The summed E-state index contributed by atoms with van der Waals surface area (Å²) in [5, 5.41) is 8.76. The van der Waals surface area contributed by atoms with Crippen LogP contribution in [-0.4, -0.2) is 46.7 Å². The third-order valence-corrected chi connectivity index (χ3v) is 5.09. The molecule has 1 aromatic carbocycles. The van der Waals surface area contributed by atoms with Crippen molar-refractivity contribution in [2.75, 3.05) is 13.2 Å². The molecule has 1 heterocycles. The molecule has 0 aliphatic carbocycles. The number of piperidine rings is 1. The average molecular weight is 434 g/mol. The van der Waals surface area contributed by atoms with Gasteiger partial charge in [0.15, 0.2) is 0 Å². The highest BCUT2D eigenvalue weighted by Crippen LogP contribution is 2.31. The van der Waals surface area contributed by atoms with Gasteiger partial charge in [-0.25, -0.2) is 4.79 Å². The number of unbranched alkanes of at least 4 members (excludes halogenated alkanes) is 5. The van der Waals surface area contributed by atoms with Gasteiger partial charge in [-0.3, -0.25) is 9.59 Å². The van der Waals surface area contributed by atoms with Crippen molar-refractivity contribution in [3.63, 3.8) is 0 Å². The molecule has 1 fully saturated rings. The number of imide groups is 3. The first kappa shape index (κ1) is 24.9. The minimum absolute atomic E-state index is 0.117. The SMILES string of the molecule is CC(C)(C)OC(=O)N1C(=O)CCC(c2ccc(OCCCCCCCCO)cc2)C1=O. The van der Waals surface area contributed by atoms with Crippen LogP contribution in [-0.2, 0) is 14.3 Å². The van der Waals surface area contributed by atoms with Crippen LogP contribution in [0, 0.1) is 0 Å². The van der Waals surface area contributed by atoms with Gasteiger partial charge in [-0.15, -0.1) is 0 Å². The number of hydrogen-bond acceptors (Lipinski definition) is 6. The van der Waals surface area contributed by atoms with Crippen LogP contribution < -0.4 is 4.74 Å². The molecule has 1 aromatic rings. The normalized spacial score (nSPS) is 17.0. The maximum absolute atomic E-state index is 12.8. The van der Waals surface area contributed by atoms with Crippen LogP contribution >= 0.6 is 0 Å². The molecule has 7 heteroatoms. The number of rotatable bonds is 10. The van der Waals surface area contributed by atoms with E-state index in [4.69, 9.17) is 14.6 Å². The number of carbonyl (C=O) groups excluding carboxylic acids is 3. The summed E-state index contributed by atoms with van der Waals surface area (Å²) in [6.45, 7) is 5.97. The van der Waals surface area contributed by atoms with Gasteiger partial charge in [0.05, 0.1) is 12.5 Å². The van der Waals surface area contributed by atoms with Crippen LogP contribution in [0.25, 0.3) is 0 Å². The zero-order chi connectivity index (χ0) is 22.9. The number of carbonyl (C=O) groups is 3. The van der Waals surface area contributed by atoms with Crippen molar-refractivity contribution < 1.29 is 29.0 Å². The van der Waals surface area contributed by atoms with Gasteiger partial charge in [-0.2, -0.15) is 4.90 Å². The standard InChI is InChI=1S/C24H35NO6/c1-24(2,3)31-23(29)25-21(27)15-14-20(22(25)28)18-10-12-19(13-11-18)30-17-9-7-5-4-6-8-16-26/h10-13,20,26H,4-9,14-17H2,1-3H3. The number of amides is 3. The Kier molecular flexibility index (Phi) is 9.49. The van der Waals surface area contributed by atoms with Gasteiger partial charge >= 0.3 is 6.09 Å². The maximum atomic E-state index is 12.8. The van der Waals surface area contributed by atoms with Crippen molar-refractivity contribution in [2.24, 2.45) is 0 Å². The molecule has 31 heavy (non-hydrogen) atoms. The Morgan fingerprint density at radius 3 is 2.26 bits per heavy atom. The number of likely N-dealkylation sites (tertiary alicyclic amines) is 1. The molecule has 1 saturated heterocycles. The van der Waals surface area contributed by atoms with E-state index in [2.05, 4.69) is 0 Å². The fourth-order valence-corrected chi connectivity index (χ4v) is 3.50. The molecule has 7 nitrogen and oxygen atoms in total. The summed E-state index contributed by atoms with van der Waals surface area (Å²) in [6, 6.07) is 7.27. The molecule has 0 radical (unpaired) electrons. The monoisotopic (exact) mass is 433 g/mol. The van der Waals surface area contributed by atoms with E-state index in [1.54, 1.807) is 20.8 Å². The van der Waals surface area contributed by atoms with Gasteiger partial charge in [0.25, 0.3) is 0 Å². The second-order valence-corrected chi connectivity index (χ2v) is 8.90. The van der Waals surface area contributed by atoms with Gasteiger partial charge < -0.3 is 14.6 Å². The van der Waals surface area contributed by atoms with Crippen molar-refractivity contribution in [2.45, 2.75) is 83.7 Å². The van der Waals surface area contributed by atoms with Crippen LogP contribution in [0.4, 0.5) is 4.79 Å². The summed E-state index contributed by atoms with van der Waals surface area (Å²) in [5.74, 6) is -0.891. The zero-order valence-corrected chi connectivity index (χ0v) is 18.9. The molecule has 0 aromatic heterocycles. The Labute approximate surface area is 184 Å². The Hall–Kier alpha value is -2.41. The molecule has 172 valence electrons. The summed E-state index contributed by atoms with van der Waals surface area (Å²) in [5.41, 5.74) is -0.0366. The van der Waals surface area contributed by atoms with Gasteiger partial charge in [0.1, 0.15) is 11.4 Å². The van der Waals surface area contributed by atoms with Crippen molar-refractivity contribution in [1.29, 1.82) is 0 Å². The summed E-state index contributed by atoms with van der Waals surface area (Å²) in [4.78, 5) is 38.0. The molecule has 3 amide bonds. The predicted molar refractivity (Wildman–Crippen MR) is 117 cm³/mol. The average Bonchev–Trinajstić information content (AvgIpc) is 2.69. The topological polar surface area (TPSA) is 93.1 Å². The van der Waals surface area contributed by atoms with E-state index in [1.807, 2.05) is 24.3 Å². The molecular weight excluding hydrogens is 398 g/mol. The first-order valence-electron chi connectivity index (χ1n) is 11.2. The largest absolute Gasteiger partial charge is 0.494 e. The molecule has 1 unspecified atom stereocenters. The van der Waals surface area contributed by atoms with E-state index in [0.29, 0.717) is 17.9 Å². The first-order valence-corrected chi connectivity index (χ1v) is 11.2. The lowest BCUT2D eigenvalue weighted by molar-refractivity contribution is -0.147. The number of aliphatic hydroxyl groups excluding tert-OH is 1. The summed E-state index contributed by atoms with van der Waals surface area (Å²) in [7, 11) is 0. The van der Waals surface area contributed by atoms with Crippen LogP contribution in [0.1, 0.15) is 83.6 Å². The van der Waals surface area contributed by atoms with E-state index in [-0.39, 0.29) is 13.0 Å². The van der Waals surface area contributed by atoms with E-state index >= 15 is 0 Å². The molecule has 2 rings (SSSR count). The van der Waals surface area contributed by atoms with E-state index in [0.717, 1.165) is 49.8 Å². The van der Waals surface area contributed by atoms with Crippen LogP contribution in [0.2, 0.25) is 0 Å². The van der Waals surface area contributed by atoms with Gasteiger partial charge in [0.2, 0.25) is 11.8 Å². The van der Waals surface area contributed by atoms with Gasteiger partial charge in [-0.05, 0) is 57.7 Å². The Morgan fingerprint density at radius 2 is 1.65 bits per heavy atom. The Balaban J connectivity index is 1.86. The van der Waals surface area contributed by atoms with Crippen molar-refractivity contribution in [3.8, 4) is 5.75 Å². The molecule has 0 saturated carbocycles. The van der Waals surface area contributed by atoms with Crippen molar-refractivity contribution in [3.05, 3.63) is 29.8 Å². The summed E-state index contributed by atoms with van der Waals surface area (Å²) < 4.78 is 11.0. The smallest absolute Gasteiger partial charge is 0.424 e. The van der Waals surface area contributed by atoms with Crippen LogP contribution in [0.5, 0.6) is 5.75 Å². The van der Waals surface area contributed by atoms with E-state index in [9.17, 15) is 14.4 Å². The molecule has 0 bridgehead atoms. The lowest BCUT2D eigenvalue weighted by atomic mass is 9.89. The molecule has 1 N–H and O–H groups in total. The fourth-order valence-electron chi connectivity index (χ4n) is 3.50. The van der Waals surface area contributed by atoms with E-state index in [1.165, 1.54) is 0 Å². The summed E-state index contributed by atoms with van der Waals surface area (Å²) >= 11 is 0. The third-order valence-electron chi connectivity index (χ3n) is 5.09. The van der Waals surface area contributed by atoms with Crippen LogP contribution in [0.3, 0.4) is 0 Å². The van der Waals surface area contributed by atoms with Crippen molar-refractivity contribution >= 4 is 17.9 Å². The maximum Gasteiger partial charge on any atom is 0.424 e. The lowest BCUT2D eigenvalue weighted by Crippen LogP contribution is -2.49. The van der Waals surface area contributed by atoms with Crippen molar-refractivity contribution in [1.82, 2.24) is 4.90 Å². The fraction of sp³-hybridized carbons (Fsp3) is 0.625. The zero-order valence-electron chi connectivity index (χ0n) is 18.9. The lowest BCUT2D eigenvalue weighted by Gasteiger charge is -2.31. The number of hydrogen-bond donors (Lipinski definition) is 1. The molecule has 0 spiro atoms. The number of benzene rings is 1. The highest BCUT2D eigenvalue weighted by atomic mass is 16.6.